The van der Waals surface area contributed by atoms with Gasteiger partial charge in [0, 0.05) is 0 Å². The molecule has 23 heavy (non-hydrogen) atoms. The van der Waals surface area contributed by atoms with Gasteiger partial charge in [-0.05, 0) is 37.1 Å². The second-order valence-corrected chi connectivity index (χ2v) is 7.17. The first-order valence-electron chi connectivity index (χ1n) is 7.14. The van der Waals surface area contributed by atoms with Crippen LogP contribution in [-0.4, -0.2) is 20.9 Å². The number of hydrogen-bond acceptors (Lipinski definition) is 4. The number of carbonyl (C=O) groups is 1. The molecule has 0 aliphatic heterocycles. The zero-order valence-corrected chi connectivity index (χ0v) is 13.9. The molecule has 2 rings (SSSR count). The largest absolute Gasteiger partial charge is 0.426 e. The number of sulfonamides is 1. The minimum atomic E-state index is -3.60. The van der Waals surface area contributed by atoms with Gasteiger partial charge in [0.15, 0.2) is 0 Å². The van der Waals surface area contributed by atoms with Gasteiger partial charge in [0.05, 0.1) is 5.75 Å². The van der Waals surface area contributed by atoms with Crippen LogP contribution in [-0.2, 0) is 20.6 Å². The average Bonchev–Trinajstić information content (AvgIpc) is 2.45. The van der Waals surface area contributed by atoms with Crippen LogP contribution in [0.1, 0.15) is 16.7 Å². The molecule has 0 saturated carbocycles. The first kappa shape index (κ1) is 17.2. The molecule has 2 aromatic carbocycles. The van der Waals surface area contributed by atoms with Gasteiger partial charge in [0.25, 0.3) is 0 Å². The monoisotopic (exact) mass is 333 g/mol. The number of nitrogens with one attached hydrogen (secondary N) is 1. The Labute approximate surface area is 136 Å². The summed E-state index contributed by atoms with van der Waals surface area (Å²) in [5.41, 5.74) is 2.61. The van der Waals surface area contributed by atoms with Crippen LogP contribution in [0.3, 0.4) is 0 Å². The Hall–Kier alpha value is -2.18. The molecule has 0 spiro atoms. The van der Waals surface area contributed by atoms with Crippen LogP contribution in [0.15, 0.2) is 48.5 Å². The van der Waals surface area contributed by atoms with Crippen molar-refractivity contribution in [2.75, 3.05) is 6.54 Å². The van der Waals surface area contributed by atoms with Crippen molar-refractivity contribution in [3.05, 3.63) is 65.2 Å². The van der Waals surface area contributed by atoms with Crippen molar-refractivity contribution in [3.8, 4) is 5.75 Å². The van der Waals surface area contributed by atoms with Crippen molar-refractivity contribution in [2.45, 2.75) is 19.6 Å². The molecule has 2 aromatic rings. The summed E-state index contributed by atoms with van der Waals surface area (Å²) in [6.45, 7) is 3.37. The van der Waals surface area contributed by atoms with Gasteiger partial charge in [-0.25, -0.2) is 13.1 Å². The fraction of sp³-hybridized carbons (Fsp3) is 0.235. The second kappa shape index (κ2) is 7.39. The van der Waals surface area contributed by atoms with Crippen LogP contribution >= 0.6 is 0 Å². The summed E-state index contributed by atoms with van der Waals surface area (Å²) in [4.78, 5) is 11.7. The van der Waals surface area contributed by atoms with Crippen LogP contribution in [0.25, 0.3) is 0 Å². The van der Waals surface area contributed by atoms with E-state index in [2.05, 4.69) is 4.72 Å². The Morgan fingerprint density at radius 1 is 1.04 bits per heavy atom. The molecule has 0 saturated heterocycles. The summed E-state index contributed by atoms with van der Waals surface area (Å²) in [5, 5.41) is 0. The molecule has 0 aliphatic carbocycles. The molecule has 0 fully saturated rings. The third kappa shape index (κ3) is 5.84. The molecule has 0 radical (unpaired) electrons. The van der Waals surface area contributed by atoms with Crippen LogP contribution in [0.2, 0.25) is 0 Å². The number of carbonyl (C=O) groups excluding carboxylic acids is 1. The smallest absolute Gasteiger partial charge is 0.326 e. The first-order chi connectivity index (χ1) is 10.8. The third-order valence-electron chi connectivity index (χ3n) is 3.10. The second-order valence-electron chi connectivity index (χ2n) is 5.36. The molecule has 0 aliphatic rings. The highest BCUT2D eigenvalue weighted by atomic mass is 32.2. The Morgan fingerprint density at radius 2 is 1.70 bits per heavy atom. The van der Waals surface area contributed by atoms with Crippen LogP contribution < -0.4 is 9.46 Å². The predicted molar refractivity (Wildman–Crippen MR) is 88.6 cm³/mol. The van der Waals surface area contributed by atoms with E-state index in [1.165, 1.54) is 0 Å². The number of esters is 1. The van der Waals surface area contributed by atoms with Crippen molar-refractivity contribution in [1.29, 1.82) is 0 Å². The lowest BCUT2D eigenvalue weighted by Crippen LogP contribution is -2.32. The number of rotatable bonds is 6. The highest BCUT2D eigenvalue weighted by Crippen LogP contribution is 2.12. The highest BCUT2D eigenvalue weighted by Gasteiger charge is 2.14. The maximum Gasteiger partial charge on any atom is 0.326 e. The van der Waals surface area contributed by atoms with E-state index in [-0.39, 0.29) is 5.75 Å². The third-order valence-corrected chi connectivity index (χ3v) is 4.39. The zero-order valence-electron chi connectivity index (χ0n) is 13.1. The lowest BCUT2D eigenvalue weighted by Gasteiger charge is -2.08. The lowest BCUT2D eigenvalue weighted by atomic mass is 10.2. The fourth-order valence-electron chi connectivity index (χ4n) is 2.09. The Balaban J connectivity index is 1.90. The quantitative estimate of drug-likeness (QED) is 0.650. The molecule has 122 valence electrons. The van der Waals surface area contributed by atoms with Gasteiger partial charge in [-0.2, -0.15) is 0 Å². The van der Waals surface area contributed by atoms with E-state index in [9.17, 15) is 13.2 Å². The SMILES string of the molecule is Cc1cccc(CS(=O)(=O)NCC(=O)Oc2cccc(C)c2)c1. The molecule has 5 nitrogen and oxygen atoms in total. The Bertz CT molecular complexity index is 800. The molecular formula is C17H19NO4S. The Kier molecular flexibility index (Phi) is 5.52. The first-order valence-corrected chi connectivity index (χ1v) is 8.79. The van der Waals surface area contributed by atoms with E-state index in [0.29, 0.717) is 11.3 Å². The van der Waals surface area contributed by atoms with E-state index in [4.69, 9.17) is 4.74 Å². The van der Waals surface area contributed by atoms with Crippen LogP contribution in [0.4, 0.5) is 0 Å². The lowest BCUT2D eigenvalue weighted by molar-refractivity contribution is -0.133. The summed E-state index contributed by atoms with van der Waals surface area (Å²) in [5.74, 6) is -0.428. The molecule has 0 amide bonds. The summed E-state index contributed by atoms with van der Waals surface area (Å²) >= 11 is 0. The molecule has 1 N–H and O–H groups in total. The topological polar surface area (TPSA) is 72.5 Å². The minimum absolute atomic E-state index is 0.174. The van der Waals surface area contributed by atoms with E-state index in [1.54, 1.807) is 36.4 Å². The van der Waals surface area contributed by atoms with Crippen LogP contribution in [0.5, 0.6) is 5.75 Å². The maximum absolute atomic E-state index is 12.0. The standard InChI is InChI=1S/C17H19NO4S/c1-13-5-3-7-15(9-13)12-23(20,21)18-11-17(19)22-16-8-4-6-14(2)10-16/h3-10,18H,11-12H2,1-2H3. The van der Waals surface area contributed by atoms with Gasteiger partial charge in [-0.15, -0.1) is 0 Å². The van der Waals surface area contributed by atoms with Gasteiger partial charge in [-0.3, -0.25) is 4.79 Å². The van der Waals surface area contributed by atoms with Crippen molar-refractivity contribution in [2.24, 2.45) is 0 Å². The number of aryl methyl sites for hydroxylation is 2. The van der Waals surface area contributed by atoms with Gasteiger partial charge in [0.1, 0.15) is 12.3 Å². The fourth-order valence-corrected chi connectivity index (χ4v) is 3.15. The van der Waals surface area contributed by atoms with Crippen molar-refractivity contribution in [3.63, 3.8) is 0 Å². The molecule has 0 bridgehead atoms. The molecular weight excluding hydrogens is 314 g/mol. The van der Waals surface area contributed by atoms with Gasteiger partial charge in [-0.1, -0.05) is 42.0 Å². The van der Waals surface area contributed by atoms with E-state index >= 15 is 0 Å². The van der Waals surface area contributed by atoms with Crippen molar-refractivity contribution >= 4 is 16.0 Å². The molecule has 6 heteroatoms. The van der Waals surface area contributed by atoms with Crippen molar-refractivity contribution < 1.29 is 17.9 Å². The van der Waals surface area contributed by atoms with Gasteiger partial charge in [0.2, 0.25) is 10.0 Å². The molecule has 0 aromatic heterocycles. The number of hydrogen-bond donors (Lipinski definition) is 1. The minimum Gasteiger partial charge on any atom is -0.426 e. The van der Waals surface area contributed by atoms with Crippen LogP contribution in [0, 0.1) is 13.8 Å². The highest BCUT2D eigenvalue weighted by molar-refractivity contribution is 7.88. The molecule has 0 unspecified atom stereocenters. The summed E-state index contributed by atoms with van der Waals surface area (Å²) in [6, 6.07) is 14.2. The zero-order chi connectivity index (χ0) is 16.9. The number of ether oxygens (including phenoxy) is 1. The van der Waals surface area contributed by atoms with E-state index < -0.39 is 22.5 Å². The molecule has 0 atom stereocenters. The average molecular weight is 333 g/mol. The predicted octanol–water partition coefficient (Wildman–Crippen LogP) is 2.33. The van der Waals surface area contributed by atoms with E-state index in [0.717, 1.165) is 11.1 Å². The maximum atomic E-state index is 12.0. The van der Waals surface area contributed by atoms with Gasteiger partial charge < -0.3 is 4.74 Å². The number of benzene rings is 2. The van der Waals surface area contributed by atoms with E-state index in [1.807, 2.05) is 26.0 Å². The molecule has 0 heterocycles. The summed E-state index contributed by atoms with van der Waals surface area (Å²) in [6.07, 6.45) is 0. The Morgan fingerprint density at radius 3 is 2.35 bits per heavy atom. The van der Waals surface area contributed by atoms with Crippen molar-refractivity contribution in [1.82, 2.24) is 4.72 Å². The summed E-state index contributed by atoms with van der Waals surface area (Å²) < 4.78 is 31.4. The summed E-state index contributed by atoms with van der Waals surface area (Å²) in [7, 11) is -3.60. The normalized spacial score (nSPS) is 11.2. The van der Waals surface area contributed by atoms with Gasteiger partial charge >= 0.3 is 5.97 Å².